The molecule has 6 amide bonds. The summed E-state index contributed by atoms with van der Waals surface area (Å²) >= 11 is 0. The first-order valence-electron chi connectivity index (χ1n) is 19.8. The third-order valence-electron chi connectivity index (χ3n) is 11.1. The van der Waals surface area contributed by atoms with E-state index in [1.165, 1.54) is 12.0 Å². The number of rotatable bonds is 13. The molecule has 0 spiro atoms. The molecule has 302 valence electrons. The number of methoxy groups -OCH3 is 1. The van der Waals surface area contributed by atoms with Crippen molar-refractivity contribution in [1.82, 2.24) is 31.1 Å². The van der Waals surface area contributed by atoms with Gasteiger partial charge in [0.05, 0.1) is 19.7 Å². The largest absolute Gasteiger partial charge is 0.467 e. The van der Waals surface area contributed by atoms with E-state index in [1.54, 1.807) is 25.7 Å². The minimum Gasteiger partial charge on any atom is -0.467 e. The van der Waals surface area contributed by atoms with Crippen LogP contribution in [0.3, 0.4) is 0 Å². The topological polar surface area (TPSA) is 193 Å². The number of Topliss-reactive ketones (excluding diaryl/α,β-unsaturated/α-hetero) is 1. The molecule has 15 heteroatoms. The average molecular weight is 767 g/mol. The standard InChI is InChI=1S/C40H58N6O9/c1-6-12-29(32(47)35(49)41-27-17-18-27)42-38(52)46-23-28(55-39(53)45-20-19-24-13-10-11-16-26(24)22-45)21-30(46)34(48)44-33(40(2,3)4)36(50)43-31(37(51)54-5)25-14-8-7-9-15-25/h10-11,13,16,25,27-31,33H,6-9,12,14-15,17-23H2,1-5H3,(H,41,49)(H,42,52)(H,43,50)(H,44,48)/t28-,29?,30-,31-,33+/m0/s1. The summed E-state index contributed by atoms with van der Waals surface area (Å²) in [5.41, 5.74) is 1.34. The van der Waals surface area contributed by atoms with Crippen LogP contribution >= 0.6 is 0 Å². The number of likely N-dealkylation sites (tertiary alicyclic amines) is 1. The van der Waals surface area contributed by atoms with Crippen LogP contribution in [-0.2, 0) is 46.4 Å². The van der Waals surface area contributed by atoms with Crippen molar-refractivity contribution in [3.05, 3.63) is 35.4 Å². The van der Waals surface area contributed by atoms with Crippen LogP contribution in [0.4, 0.5) is 9.59 Å². The van der Waals surface area contributed by atoms with Gasteiger partial charge in [-0.25, -0.2) is 14.4 Å². The molecule has 5 atom stereocenters. The van der Waals surface area contributed by atoms with Crippen molar-refractivity contribution in [2.75, 3.05) is 20.2 Å². The molecule has 4 aliphatic rings. The second-order valence-electron chi connectivity index (χ2n) is 16.5. The van der Waals surface area contributed by atoms with Crippen LogP contribution in [0.5, 0.6) is 0 Å². The lowest BCUT2D eigenvalue weighted by Crippen LogP contribution is -2.61. The zero-order valence-electron chi connectivity index (χ0n) is 32.8. The highest BCUT2D eigenvalue weighted by Crippen LogP contribution is 2.29. The van der Waals surface area contributed by atoms with Gasteiger partial charge in [-0.05, 0) is 61.0 Å². The SMILES string of the molecule is CCCC(NC(=O)N1C[C@@H](OC(=O)N2CCc3ccccc3C2)C[C@H]1C(=O)N[C@H](C(=O)N[C@H](C(=O)OC)C1CCCCC1)C(C)(C)C)C(=O)C(=O)NC1CC1. The van der Waals surface area contributed by atoms with E-state index in [1.807, 2.05) is 31.2 Å². The van der Waals surface area contributed by atoms with Gasteiger partial charge in [-0.3, -0.25) is 19.2 Å². The van der Waals surface area contributed by atoms with E-state index in [2.05, 4.69) is 21.3 Å². The number of urea groups is 1. The summed E-state index contributed by atoms with van der Waals surface area (Å²) in [6.07, 6.45) is 5.79. The van der Waals surface area contributed by atoms with Gasteiger partial charge in [-0.1, -0.05) is 77.6 Å². The molecule has 0 radical (unpaired) electrons. The molecule has 3 fully saturated rings. The molecule has 55 heavy (non-hydrogen) atoms. The van der Waals surface area contributed by atoms with E-state index in [4.69, 9.17) is 9.47 Å². The maximum absolute atomic E-state index is 14.3. The van der Waals surface area contributed by atoms with Crippen molar-refractivity contribution in [1.29, 1.82) is 0 Å². The molecule has 2 aliphatic heterocycles. The smallest absolute Gasteiger partial charge is 0.410 e. The summed E-state index contributed by atoms with van der Waals surface area (Å²) in [6.45, 7) is 7.78. The zero-order valence-corrected chi connectivity index (χ0v) is 32.8. The number of ether oxygens (including phenoxy) is 2. The third kappa shape index (κ3) is 10.8. The van der Waals surface area contributed by atoms with Gasteiger partial charge in [0, 0.05) is 25.6 Å². The Balaban J connectivity index is 1.34. The van der Waals surface area contributed by atoms with E-state index in [0.29, 0.717) is 25.9 Å². The Hall–Kier alpha value is -4.69. The minimum absolute atomic E-state index is 0.0524. The summed E-state index contributed by atoms with van der Waals surface area (Å²) in [6, 6.07) is 2.66. The summed E-state index contributed by atoms with van der Waals surface area (Å²) in [7, 11) is 1.28. The molecule has 2 heterocycles. The van der Waals surface area contributed by atoms with Gasteiger partial charge in [0.2, 0.25) is 17.6 Å². The quantitative estimate of drug-likeness (QED) is 0.173. The number of amides is 6. The lowest BCUT2D eigenvalue weighted by atomic mass is 9.82. The van der Waals surface area contributed by atoms with Crippen LogP contribution in [0, 0.1) is 11.3 Å². The monoisotopic (exact) mass is 766 g/mol. The Morgan fingerprint density at radius 1 is 0.909 bits per heavy atom. The lowest BCUT2D eigenvalue weighted by Gasteiger charge is -2.35. The Morgan fingerprint density at radius 3 is 2.24 bits per heavy atom. The van der Waals surface area contributed by atoms with Gasteiger partial charge < -0.3 is 40.5 Å². The Morgan fingerprint density at radius 2 is 1.60 bits per heavy atom. The van der Waals surface area contributed by atoms with Gasteiger partial charge in [0.15, 0.2) is 0 Å². The number of benzene rings is 1. The summed E-state index contributed by atoms with van der Waals surface area (Å²) in [5, 5.41) is 11.0. The number of esters is 1. The highest BCUT2D eigenvalue weighted by Gasteiger charge is 2.46. The van der Waals surface area contributed by atoms with Crippen molar-refractivity contribution in [2.45, 2.75) is 141 Å². The van der Waals surface area contributed by atoms with Crippen LogP contribution in [0.25, 0.3) is 0 Å². The Kier molecular flexibility index (Phi) is 13.8. The van der Waals surface area contributed by atoms with Gasteiger partial charge in [-0.2, -0.15) is 0 Å². The molecule has 5 rings (SSSR count). The highest BCUT2D eigenvalue weighted by atomic mass is 16.6. The fourth-order valence-corrected chi connectivity index (χ4v) is 7.77. The number of nitrogens with one attached hydrogen (secondary N) is 4. The van der Waals surface area contributed by atoms with Crippen LogP contribution in [0.1, 0.15) is 103 Å². The second-order valence-corrected chi connectivity index (χ2v) is 16.5. The van der Waals surface area contributed by atoms with Crippen LogP contribution in [0.2, 0.25) is 0 Å². The minimum atomic E-state index is -1.20. The van der Waals surface area contributed by atoms with Gasteiger partial charge >= 0.3 is 18.1 Å². The molecule has 2 aliphatic carbocycles. The first kappa shape index (κ1) is 41.5. The third-order valence-corrected chi connectivity index (χ3v) is 11.1. The average Bonchev–Trinajstić information content (AvgIpc) is 3.89. The predicted molar refractivity (Wildman–Crippen MR) is 201 cm³/mol. The number of carbonyl (C=O) groups excluding carboxylic acids is 7. The molecule has 1 aromatic carbocycles. The van der Waals surface area contributed by atoms with E-state index in [9.17, 15) is 33.6 Å². The molecule has 2 saturated carbocycles. The van der Waals surface area contributed by atoms with Gasteiger partial charge in [-0.15, -0.1) is 0 Å². The van der Waals surface area contributed by atoms with E-state index in [-0.39, 0.29) is 31.3 Å². The number of hydrogen-bond acceptors (Lipinski definition) is 9. The van der Waals surface area contributed by atoms with Crippen molar-refractivity contribution in [3.8, 4) is 0 Å². The fourth-order valence-electron chi connectivity index (χ4n) is 7.77. The normalized spacial score (nSPS) is 21.6. The molecule has 0 bridgehead atoms. The van der Waals surface area contributed by atoms with Crippen molar-refractivity contribution in [2.24, 2.45) is 11.3 Å². The summed E-state index contributed by atoms with van der Waals surface area (Å²) < 4.78 is 11.0. The van der Waals surface area contributed by atoms with Gasteiger partial charge in [0.25, 0.3) is 5.91 Å². The molecule has 1 unspecified atom stereocenters. The second kappa shape index (κ2) is 18.3. The predicted octanol–water partition coefficient (Wildman–Crippen LogP) is 3.12. The first-order valence-corrected chi connectivity index (χ1v) is 19.8. The molecule has 4 N–H and O–H groups in total. The van der Waals surface area contributed by atoms with Crippen molar-refractivity contribution < 1.29 is 43.0 Å². The van der Waals surface area contributed by atoms with E-state index < -0.39 is 77.3 Å². The maximum Gasteiger partial charge on any atom is 0.410 e. The fraction of sp³-hybridized carbons (Fsp3) is 0.675. The van der Waals surface area contributed by atoms with Crippen LogP contribution in [0.15, 0.2) is 24.3 Å². The van der Waals surface area contributed by atoms with Crippen LogP contribution < -0.4 is 21.3 Å². The highest BCUT2D eigenvalue weighted by molar-refractivity contribution is 6.38. The first-order chi connectivity index (χ1) is 26.2. The molecule has 15 nitrogen and oxygen atoms in total. The molecule has 1 aromatic rings. The van der Waals surface area contributed by atoms with Crippen LogP contribution in [-0.4, -0.2) is 108 Å². The molecule has 0 aromatic heterocycles. The number of carbonyl (C=O) groups is 7. The van der Waals surface area contributed by atoms with Gasteiger partial charge in [0.1, 0.15) is 24.2 Å². The Labute approximate surface area is 323 Å². The Bertz CT molecular complexity index is 1600. The number of fused-ring (bicyclic) bond motifs is 1. The summed E-state index contributed by atoms with van der Waals surface area (Å²) in [4.78, 5) is 97.2. The molecular formula is C40H58N6O9. The van der Waals surface area contributed by atoms with Crippen molar-refractivity contribution >= 4 is 41.6 Å². The lowest BCUT2D eigenvalue weighted by molar-refractivity contribution is -0.148. The number of ketones is 1. The number of nitrogens with zero attached hydrogens (tertiary/aromatic N) is 2. The molecular weight excluding hydrogens is 708 g/mol. The number of hydrogen-bond donors (Lipinski definition) is 4. The molecule has 1 saturated heterocycles. The zero-order chi connectivity index (χ0) is 39.9. The van der Waals surface area contributed by atoms with E-state index >= 15 is 0 Å². The van der Waals surface area contributed by atoms with Crippen molar-refractivity contribution in [3.63, 3.8) is 0 Å². The van der Waals surface area contributed by atoms with E-state index in [0.717, 1.165) is 56.1 Å². The summed E-state index contributed by atoms with van der Waals surface area (Å²) in [5.74, 6) is -3.46. The maximum atomic E-state index is 14.3.